The maximum Gasteiger partial charge on any atom is 0.226 e. The number of fused-ring (bicyclic) bond motifs is 1. The number of rotatable bonds is 3. The van der Waals surface area contributed by atoms with Gasteiger partial charge in [-0.2, -0.15) is 15.1 Å². The molecule has 2 aromatic heterocycles. The van der Waals surface area contributed by atoms with Crippen molar-refractivity contribution in [2.45, 2.75) is 33.7 Å². The summed E-state index contributed by atoms with van der Waals surface area (Å²) >= 11 is 0. The first-order valence-corrected chi connectivity index (χ1v) is 6.46. The van der Waals surface area contributed by atoms with E-state index in [2.05, 4.69) is 65.1 Å². The monoisotopic (exact) mass is 262 g/mol. The normalized spacial score (nSPS) is 13.6. The Morgan fingerprint density at radius 2 is 2.00 bits per heavy atom. The van der Waals surface area contributed by atoms with Crippen LogP contribution in [0.15, 0.2) is 6.20 Å². The molecule has 2 heterocycles. The summed E-state index contributed by atoms with van der Waals surface area (Å²) in [5.41, 5.74) is 0.914. The second kappa shape index (κ2) is 4.68. The van der Waals surface area contributed by atoms with Crippen LogP contribution in [-0.4, -0.2) is 40.3 Å². The van der Waals surface area contributed by atoms with E-state index in [0.29, 0.717) is 12.0 Å². The highest BCUT2D eigenvalue weighted by Crippen LogP contribution is 2.30. The van der Waals surface area contributed by atoms with Gasteiger partial charge in [0.1, 0.15) is 5.82 Å². The average molecular weight is 262 g/mol. The molecule has 0 bridgehead atoms. The van der Waals surface area contributed by atoms with E-state index in [-0.39, 0.29) is 5.41 Å². The summed E-state index contributed by atoms with van der Waals surface area (Å²) in [5.74, 6) is 1.49. The largest absolute Gasteiger partial charge is 0.357 e. The Labute approximate surface area is 113 Å². The van der Waals surface area contributed by atoms with Crippen molar-refractivity contribution < 1.29 is 0 Å². The average Bonchev–Trinajstić information content (AvgIpc) is 2.82. The Kier molecular flexibility index (Phi) is 3.34. The summed E-state index contributed by atoms with van der Waals surface area (Å²) in [5, 5.41) is 10.9. The van der Waals surface area contributed by atoms with E-state index in [4.69, 9.17) is 0 Å². The fraction of sp³-hybridized carbons (Fsp3) is 0.615. The molecule has 2 aromatic rings. The lowest BCUT2D eigenvalue weighted by Gasteiger charge is -2.36. The lowest BCUT2D eigenvalue weighted by molar-refractivity contribution is 0.329. The quantitative estimate of drug-likeness (QED) is 0.888. The lowest BCUT2D eigenvalue weighted by atomic mass is 9.87. The minimum absolute atomic E-state index is 0.162. The Balaban J connectivity index is 2.51. The first-order valence-electron chi connectivity index (χ1n) is 6.46. The summed E-state index contributed by atoms with van der Waals surface area (Å²) in [7, 11) is 3.87. The predicted octanol–water partition coefficient (Wildman–Crippen LogP) is 2.27. The Hall–Kier alpha value is -1.85. The van der Waals surface area contributed by atoms with Gasteiger partial charge in [-0.15, -0.1) is 0 Å². The van der Waals surface area contributed by atoms with Crippen molar-refractivity contribution >= 4 is 22.8 Å². The van der Waals surface area contributed by atoms with Crippen LogP contribution in [0.2, 0.25) is 0 Å². The molecule has 1 atom stereocenters. The molecule has 0 aromatic carbocycles. The van der Waals surface area contributed by atoms with Gasteiger partial charge in [-0.3, -0.25) is 5.10 Å². The van der Waals surface area contributed by atoms with E-state index in [1.807, 2.05) is 7.05 Å². The van der Waals surface area contributed by atoms with Crippen molar-refractivity contribution in [3.8, 4) is 0 Å². The van der Waals surface area contributed by atoms with Crippen LogP contribution in [0.1, 0.15) is 27.7 Å². The number of aromatic amines is 1. The van der Waals surface area contributed by atoms with Gasteiger partial charge >= 0.3 is 0 Å². The van der Waals surface area contributed by atoms with E-state index in [1.54, 1.807) is 6.20 Å². The topological polar surface area (TPSA) is 69.7 Å². The third-order valence-corrected chi connectivity index (χ3v) is 3.68. The fourth-order valence-electron chi connectivity index (χ4n) is 1.96. The third-order valence-electron chi connectivity index (χ3n) is 3.68. The number of hydrogen-bond acceptors (Lipinski definition) is 5. The van der Waals surface area contributed by atoms with Gasteiger partial charge in [-0.05, 0) is 12.3 Å². The molecule has 0 radical (unpaired) electrons. The van der Waals surface area contributed by atoms with Crippen LogP contribution < -0.4 is 10.2 Å². The molecule has 0 saturated heterocycles. The highest BCUT2D eigenvalue weighted by atomic mass is 15.3. The summed E-state index contributed by atoms with van der Waals surface area (Å²) < 4.78 is 0. The number of H-pyrrole nitrogens is 1. The van der Waals surface area contributed by atoms with E-state index in [1.165, 1.54) is 0 Å². The van der Waals surface area contributed by atoms with E-state index in [0.717, 1.165) is 16.9 Å². The minimum Gasteiger partial charge on any atom is -0.357 e. The molecule has 0 aliphatic rings. The second-order valence-electron chi connectivity index (χ2n) is 5.91. The molecular weight excluding hydrogens is 240 g/mol. The third kappa shape index (κ3) is 2.47. The van der Waals surface area contributed by atoms with Gasteiger partial charge in [0.25, 0.3) is 0 Å². The number of anilines is 2. The summed E-state index contributed by atoms with van der Waals surface area (Å²) in [6.45, 7) is 8.87. The van der Waals surface area contributed by atoms with Gasteiger partial charge in [0.15, 0.2) is 5.65 Å². The van der Waals surface area contributed by atoms with Crippen molar-refractivity contribution in [1.82, 2.24) is 20.2 Å². The molecule has 2 N–H and O–H groups in total. The Morgan fingerprint density at radius 1 is 1.32 bits per heavy atom. The summed E-state index contributed by atoms with van der Waals surface area (Å²) in [4.78, 5) is 11.1. The molecule has 0 amide bonds. The van der Waals surface area contributed by atoms with Crippen molar-refractivity contribution in [3.05, 3.63) is 6.20 Å². The first-order chi connectivity index (χ1) is 8.84. The predicted molar refractivity (Wildman–Crippen MR) is 78.6 cm³/mol. The van der Waals surface area contributed by atoms with Crippen LogP contribution in [0.25, 0.3) is 11.0 Å². The van der Waals surface area contributed by atoms with Crippen LogP contribution in [0.5, 0.6) is 0 Å². The van der Waals surface area contributed by atoms with Crippen molar-refractivity contribution in [3.63, 3.8) is 0 Å². The summed E-state index contributed by atoms with van der Waals surface area (Å²) in [6.07, 6.45) is 1.77. The maximum absolute atomic E-state index is 4.57. The van der Waals surface area contributed by atoms with Gasteiger partial charge in [0, 0.05) is 20.1 Å². The van der Waals surface area contributed by atoms with Gasteiger partial charge in [-0.1, -0.05) is 20.8 Å². The Morgan fingerprint density at radius 3 is 2.58 bits per heavy atom. The number of aromatic nitrogens is 4. The SMILES string of the molecule is CNc1nc(N(C)C(C)C(C)(C)C)c2cn[nH]c2n1. The second-order valence-corrected chi connectivity index (χ2v) is 5.91. The number of hydrogen-bond donors (Lipinski definition) is 2. The van der Waals surface area contributed by atoms with Crippen LogP contribution in [-0.2, 0) is 0 Å². The van der Waals surface area contributed by atoms with Crippen molar-refractivity contribution in [2.75, 3.05) is 24.3 Å². The molecule has 1 unspecified atom stereocenters. The summed E-state index contributed by atoms with van der Waals surface area (Å²) in [6, 6.07) is 0.338. The smallest absolute Gasteiger partial charge is 0.226 e. The van der Waals surface area contributed by atoms with Gasteiger partial charge in [0.05, 0.1) is 11.6 Å². The first kappa shape index (κ1) is 13.6. The molecule has 6 heteroatoms. The standard InChI is InChI=1S/C13H22N6/c1-8(13(2,3)4)19(6)11-9-7-15-18-10(9)16-12(14-5)17-11/h7-8H,1-6H3,(H2,14,15,16,17,18). The van der Waals surface area contributed by atoms with E-state index < -0.39 is 0 Å². The molecular formula is C13H22N6. The number of nitrogens with zero attached hydrogens (tertiary/aromatic N) is 4. The van der Waals surface area contributed by atoms with Gasteiger partial charge in [0.2, 0.25) is 5.95 Å². The molecule has 104 valence electrons. The molecule has 6 nitrogen and oxygen atoms in total. The lowest BCUT2D eigenvalue weighted by Crippen LogP contribution is -2.40. The van der Waals surface area contributed by atoms with Crippen molar-refractivity contribution in [1.29, 1.82) is 0 Å². The van der Waals surface area contributed by atoms with Gasteiger partial charge in [-0.25, -0.2) is 0 Å². The van der Waals surface area contributed by atoms with Crippen LogP contribution in [0, 0.1) is 5.41 Å². The highest BCUT2D eigenvalue weighted by Gasteiger charge is 2.26. The van der Waals surface area contributed by atoms with E-state index in [9.17, 15) is 0 Å². The molecule has 2 rings (SSSR count). The number of nitrogens with one attached hydrogen (secondary N) is 2. The zero-order valence-electron chi connectivity index (χ0n) is 12.4. The fourth-order valence-corrected chi connectivity index (χ4v) is 1.96. The molecule has 0 saturated carbocycles. The Bertz CT molecular complexity index is 568. The maximum atomic E-state index is 4.57. The van der Waals surface area contributed by atoms with Crippen molar-refractivity contribution in [2.24, 2.45) is 5.41 Å². The van der Waals surface area contributed by atoms with Crippen LogP contribution in [0.4, 0.5) is 11.8 Å². The molecule has 0 aliphatic carbocycles. The highest BCUT2D eigenvalue weighted by molar-refractivity contribution is 5.87. The minimum atomic E-state index is 0.162. The molecule has 19 heavy (non-hydrogen) atoms. The zero-order chi connectivity index (χ0) is 14.2. The molecule has 0 fully saturated rings. The van der Waals surface area contributed by atoms with Crippen LogP contribution >= 0.6 is 0 Å². The van der Waals surface area contributed by atoms with E-state index >= 15 is 0 Å². The molecule has 0 spiro atoms. The van der Waals surface area contributed by atoms with Gasteiger partial charge < -0.3 is 10.2 Å². The van der Waals surface area contributed by atoms with Crippen LogP contribution in [0.3, 0.4) is 0 Å². The zero-order valence-corrected chi connectivity index (χ0v) is 12.4. The molecule has 0 aliphatic heterocycles.